The molecule has 4 heteroatoms. The van der Waals surface area contributed by atoms with Gasteiger partial charge in [0, 0.05) is 5.69 Å². The van der Waals surface area contributed by atoms with E-state index in [-0.39, 0.29) is 28.4 Å². The number of aryl methyl sites for hydroxylation is 1. The van der Waals surface area contributed by atoms with Crippen LogP contribution in [0.4, 0.5) is 5.69 Å². The molecule has 82 valence electrons. The van der Waals surface area contributed by atoms with Gasteiger partial charge in [-0.15, -0.1) is 0 Å². The summed E-state index contributed by atoms with van der Waals surface area (Å²) in [5, 5.41) is 17.6. The van der Waals surface area contributed by atoms with Crippen LogP contribution in [0.15, 0.2) is 17.7 Å². The molecule has 16 heavy (non-hydrogen) atoms. The molecule has 0 atom stereocenters. The van der Waals surface area contributed by atoms with Gasteiger partial charge in [-0.25, -0.2) is 0 Å². The number of nitrogen functional groups attached to an aromatic ring is 1. The lowest BCUT2D eigenvalue weighted by Crippen LogP contribution is -2.18. The Balaban J connectivity index is 2.87. The first-order valence-electron chi connectivity index (χ1n) is 4.87. The predicted octanol–water partition coefficient (Wildman–Crippen LogP) is 1.79. The number of Topliss-reactive ketones (excluding diaryl/α,β-unsaturated/α-hetero) is 1. The van der Waals surface area contributed by atoms with Crippen LogP contribution in [0.5, 0.6) is 5.75 Å². The number of nitrogens with two attached hydrogens (primary N) is 1. The molecule has 0 saturated carbocycles. The van der Waals surface area contributed by atoms with E-state index >= 15 is 0 Å². The number of hydrogen-bond donors (Lipinski definition) is 3. The monoisotopic (exact) mass is 216 g/mol. The van der Waals surface area contributed by atoms with E-state index in [9.17, 15) is 9.90 Å². The number of ketones is 1. The number of carbonyl (C=O) groups excluding carboxylic acids is 1. The van der Waals surface area contributed by atoms with Crippen molar-refractivity contribution in [3.05, 3.63) is 34.4 Å². The molecular weight excluding hydrogens is 204 g/mol. The van der Waals surface area contributed by atoms with Crippen LogP contribution >= 0.6 is 0 Å². The fourth-order valence-corrected chi connectivity index (χ4v) is 1.89. The maximum atomic E-state index is 11.9. The lowest BCUT2D eigenvalue weighted by atomic mass is 9.86. The van der Waals surface area contributed by atoms with Gasteiger partial charge in [-0.1, -0.05) is 0 Å². The molecule has 0 radical (unpaired) electrons. The van der Waals surface area contributed by atoms with Crippen molar-refractivity contribution < 1.29 is 9.90 Å². The van der Waals surface area contributed by atoms with Crippen LogP contribution in [0.3, 0.4) is 0 Å². The van der Waals surface area contributed by atoms with Gasteiger partial charge < -0.3 is 16.2 Å². The van der Waals surface area contributed by atoms with Crippen LogP contribution < -0.4 is 5.73 Å². The van der Waals surface area contributed by atoms with Crippen LogP contribution in [0.1, 0.15) is 28.4 Å². The minimum absolute atomic E-state index is 0.0358. The van der Waals surface area contributed by atoms with E-state index in [2.05, 4.69) is 0 Å². The highest BCUT2D eigenvalue weighted by Crippen LogP contribution is 2.35. The van der Waals surface area contributed by atoms with Crippen molar-refractivity contribution in [2.75, 3.05) is 5.73 Å². The maximum absolute atomic E-state index is 11.9. The molecule has 0 saturated heterocycles. The van der Waals surface area contributed by atoms with Gasteiger partial charge in [0.05, 0.1) is 16.8 Å². The number of rotatable bonds is 0. The molecule has 0 heterocycles. The van der Waals surface area contributed by atoms with Crippen molar-refractivity contribution in [3.63, 3.8) is 0 Å². The third-order valence-electron chi connectivity index (χ3n) is 2.74. The Hall–Kier alpha value is -2.10. The predicted molar refractivity (Wildman–Crippen MR) is 62.2 cm³/mol. The zero-order valence-corrected chi connectivity index (χ0v) is 9.09. The Morgan fingerprint density at radius 2 is 1.94 bits per heavy atom. The van der Waals surface area contributed by atoms with Gasteiger partial charge in [0.15, 0.2) is 5.78 Å². The molecule has 0 unspecified atom stereocenters. The molecule has 2 rings (SSSR count). The van der Waals surface area contributed by atoms with Crippen molar-refractivity contribution in [3.8, 4) is 5.75 Å². The Kier molecular flexibility index (Phi) is 2.08. The fraction of sp³-hybridized carbons (Fsp3) is 0.167. The number of benzene rings is 1. The molecule has 0 bridgehead atoms. The second-order valence-corrected chi connectivity index (χ2v) is 3.95. The number of anilines is 1. The van der Waals surface area contributed by atoms with Crippen LogP contribution in [0.2, 0.25) is 0 Å². The first-order chi connectivity index (χ1) is 7.43. The van der Waals surface area contributed by atoms with Gasteiger partial charge in [-0.05, 0) is 37.1 Å². The molecule has 0 spiro atoms. The first kappa shape index (κ1) is 10.4. The topological polar surface area (TPSA) is 87.2 Å². The molecule has 1 aliphatic rings. The molecule has 0 aliphatic heterocycles. The zero-order chi connectivity index (χ0) is 12.0. The highest BCUT2D eigenvalue weighted by Gasteiger charge is 2.27. The van der Waals surface area contributed by atoms with E-state index in [1.165, 1.54) is 6.08 Å². The molecule has 0 fully saturated rings. The lowest BCUT2D eigenvalue weighted by Gasteiger charge is -2.19. The Morgan fingerprint density at radius 3 is 2.56 bits per heavy atom. The zero-order valence-electron chi connectivity index (χ0n) is 9.09. The van der Waals surface area contributed by atoms with Gasteiger partial charge >= 0.3 is 0 Å². The van der Waals surface area contributed by atoms with Gasteiger partial charge in [-0.3, -0.25) is 4.79 Å². The number of nitrogens with one attached hydrogen (secondary N) is 1. The Bertz CT molecular complexity index is 557. The average Bonchev–Trinajstić information content (AvgIpc) is 2.20. The van der Waals surface area contributed by atoms with E-state index < -0.39 is 0 Å². The van der Waals surface area contributed by atoms with Crippen molar-refractivity contribution >= 4 is 17.2 Å². The minimum atomic E-state index is -0.223. The second-order valence-electron chi connectivity index (χ2n) is 3.95. The molecule has 0 amide bonds. The van der Waals surface area contributed by atoms with Crippen molar-refractivity contribution in [1.82, 2.24) is 0 Å². The van der Waals surface area contributed by atoms with Crippen LogP contribution in [0, 0.1) is 12.3 Å². The summed E-state index contributed by atoms with van der Waals surface area (Å²) in [6.45, 7) is 3.32. The quantitative estimate of drug-likeness (QED) is 0.456. The first-order valence-corrected chi connectivity index (χ1v) is 4.87. The summed E-state index contributed by atoms with van der Waals surface area (Å²) in [4.78, 5) is 11.9. The summed E-state index contributed by atoms with van der Waals surface area (Å²) in [6.07, 6.45) is 1.45. The highest BCUT2D eigenvalue weighted by atomic mass is 16.3. The summed E-state index contributed by atoms with van der Waals surface area (Å²) >= 11 is 0. The standard InChI is InChI=1S/C12H12N2O2/c1-5-3-7(13)10-9(11(5)15)8(14)4-6(2)12(10)16/h3-4,13,16H,14H2,1-2H3. The number of carbonyl (C=O) groups is 1. The summed E-state index contributed by atoms with van der Waals surface area (Å²) in [7, 11) is 0. The largest absolute Gasteiger partial charge is 0.507 e. The SMILES string of the molecule is CC1=CC(=N)c2c(O)c(C)cc(N)c2C1=O. The normalized spacial score (nSPS) is 14.8. The van der Waals surface area contributed by atoms with E-state index in [0.29, 0.717) is 16.8 Å². The Morgan fingerprint density at radius 1 is 1.31 bits per heavy atom. The van der Waals surface area contributed by atoms with Crippen LogP contribution in [0.25, 0.3) is 0 Å². The number of hydrogen-bond acceptors (Lipinski definition) is 4. The minimum Gasteiger partial charge on any atom is -0.507 e. The molecule has 4 nitrogen and oxygen atoms in total. The third kappa shape index (κ3) is 1.23. The summed E-state index contributed by atoms with van der Waals surface area (Å²) in [5.74, 6) is -0.259. The molecule has 1 aliphatic carbocycles. The van der Waals surface area contributed by atoms with Crippen molar-refractivity contribution in [2.45, 2.75) is 13.8 Å². The number of phenols is 1. The highest BCUT2D eigenvalue weighted by molar-refractivity contribution is 6.28. The smallest absolute Gasteiger partial charge is 0.191 e. The average molecular weight is 216 g/mol. The van der Waals surface area contributed by atoms with E-state index in [1.54, 1.807) is 19.9 Å². The fourth-order valence-electron chi connectivity index (χ4n) is 1.89. The number of aromatic hydroxyl groups is 1. The van der Waals surface area contributed by atoms with Gasteiger partial charge in [0.25, 0.3) is 0 Å². The molecular formula is C12H12N2O2. The van der Waals surface area contributed by atoms with E-state index in [0.717, 1.165) is 0 Å². The number of fused-ring (bicyclic) bond motifs is 1. The second kappa shape index (κ2) is 3.20. The summed E-state index contributed by atoms with van der Waals surface area (Å²) in [5.41, 5.74) is 7.73. The number of allylic oxidation sites excluding steroid dienone is 2. The van der Waals surface area contributed by atoms with E-state index in [4.69, 9.17) is 11.1 Å². The summed E-state index contributed by atoms with van der Waals surface area (Å²) in [6, 6.07) is 1.55. The lowest BCUT2D eigenvalue weighted by molar-refractivity contribution is 0.103. The maximum Gasteiger partial charge on any atom is 0.191 e. The van der Waals surface area contributed by atoms with Crippen molar-refractivity contribution in [2.24, 2.45) is 0 Å². The van der Waals surface area contributed by atoms with Crippen molar-refractivity contribution in [1.29, 1.82) is 5.41 Å². The van der Waals surface area contributed by atoms with Crippen LogP contribution in [-0.4, -0.2) is 16.6 Å². The summed E-state index contributed by atoms with van der Waals surface area (Å²) < 4.78 is 0. The van der Waals surface area contributed by atoms with E-state index in [1.807, 2.05) is 0 Å². The molecule has 1 aromatic rings. The molecule has 0 aromatic heterocycles. The molecule has 1 aromatic carbocycles. The van der Waals surface area contributed by atoms with Crippen LogP contribution in [-0.2, 0) is 0 Å². The van der Waals surface area contributed by atoms with Gasteiger partial charge in [0.2, 0.25) is 0 Å². The van der Waals surface area contributed by atoms with Gasteiger partial charge in [-0.2, -0.15) is 0 Å². The molecule has 4 N–H and O–H groups in total. The number of phenolic OH excluding ortho intramolecular Hbond substituents is 1. The van der Waals surface area contributed by atoms with Gasteiger partial charge in [0.1, 0.15) is 5.75 Å². The third-order valence-corrected chi connectivity index (χ3v) is 2.74. The Labute approximate surface area is 92.9 Å².